The largest absolute Gasteiger partial charge is 0.384 e. The Morgan fingerprint density at radius 1 is 1.67 bits per heavy atom. The van der Waals surface area contributed by atoms with Crippen molar-refractivity contribution in [3.05, 3.63) is 30.4 Å². The van der Waals surface area contributed by atoms with Crippen LogP contribution in [0.5, 0.6) is 0 Å². The number of rotatable bonds is 3. The fourth-order valence-electron chi connectivity index (χ4n) is 0.791. The standard InChI is InChI=1S/C9H13N3/c1-7(2)6-11-9-5-3-4-8(10)12-9/h3-5H,1,6H2,2H3,(H3,10,11,12). The second kappa shape index (κ2) is 3.76. The Bertz CT molecular complexity index is 281. The predicted octanol–water partition coefficient (Wildman–Crippen LogP) is 1.65. The van der Waals surface area contributed by atoms with Crippen LogP contribution >= 0.6 is 0 Å². The van der Waals surface area contributed by atoms with E-state index in [1.54, 1.807) is 6.07 Å². The number of nitrogens with zero attached hydrogens (tertiary/aromatic N) is 1. The normalized spacial score (nSPS) is 9.42. The molecule has 0 spiro atoms. The molecule has 0 saturated heterocycles. The van der Waals surface area contributed by atoms with Gasteiger partial charge in [-0.15, -0.1) is 0 Å². The smallest absolute Gasteiger partial charge is 0.128 e. The van der Waals surface area contributed by atoms with Gasteiger partial charge in [-0.3, -0.25) is 0 Å². The van der Waals surface area contributed by atoms with Gasteiger partial charge in [-0.25, -0.2) is 4.98 Å². The monoisotopic (exact) mass is 163 g/mol. The summed E-state index contributed by atoms with van der Waals surface area (Å²) in [4.78, 5) is 4.07. The van der Waals surface area contributed by atoms with Gasteiger partial charge in [0.1, 0.15) is 11.6 Å². The van der Waals surface area contributed by atoms with E-state index in [1.807, 2.05) is 19.1 Å². The zero-order valence-electron chi connectivity index (χ0n) is 7.17. The second-order valence-corrected chi connectivity index (χ2v) is 2.76. The molecule has 3 nitrogen and oxygen atoms in total. The molecule has 0 fully saturated rings. The first kappa shape index (κ1) is 8.59. The molecule has 1 aromatic rings. The third kappa shape index (κ3) is 2.62. The van der Waals surface area contributed by atoms with Crippen molar-refractivity contribution in [2.75, 3.05) is 17.6 Å². The van der Waals surface area contributed by atoms with E-state index in [4.69, 9.17) is 5.73 Å². The molecule has 0 saturated carbocycles. The molecule has 64 valence electrons. The highest BCUT2D eigenvalue weighted by Gasteiger charge is 1.92. The van der Waals surface area contributed by atoms with Crippen LogP contribution in [0.2, 0.25) is 0 Å². The number of aromatic nitrogens is 1. The average molecular weight is 163 g/mol. The lowest BCUT2D eigenvalue weighted by Crippen LogP contribution is -2.04. The van der Waals surface area contributed by atoms with E-state index in [0.717, 1.165) is 17.9 Å². The van der Waals surface area contributed by atoms with Crippen molar-refractivity contribution in [2.24, 2.45) is 0 Å². The van der Waals surface area contributed by atoms with E-state index in [2.05, 4.69) is 16.9 Å². The van der Waals surface area contributed by atoms with Gasteiger partial charge < -0.3 is 11.1 Å². The molecule has 1 aromatic heterocycles. The number of hydrogen-bond donors (Lipinski definition) is 2. The van der Waals surface area contributed by atoms with Gasteiger partial charge in [0.25, 0.3) is 0 Å². The number of hydrogen-bond acceptors (Lipinski definition) is 3. The van der Waals surface area contributed by atoms with Crippen LogP contribution in [0.15, 0.2) is 30.4 Å². The minimum atomic E-state index is 0.529. The fourth-order valence-corrected chi connectivity index (χ4v) is 0.791. The van der Waals surface area contributed by atoms with Crippen LogP contribution in [0.3, 0.4) is 0 Å². The Morgan fingerprint density at radius 3 is 3.00 bits per heavy atom. The molecule has 0 radical (unpaired) electrons. The summed E-state index contributed by atoms with van der Waals surface area (Å²) in [6.07, 6.45) is 0. The van der Waals surface area contributed by atoms with Crippen molar-refractivity contribution in [1.29, 1.82) is 0 Å². The van der Waals surface area contributed by atoms with Crippen molar-refractivity contribution in [2.45, 2.75) is 6.92 Å². The van der Waals surface area contributed by atoms with Crippen molar-refractivity contribution < 1.29 is 0 Å². The van der Waals surface area contributed by atoms with Crippen LogP contribution in [0.4, 0.5) is 11.6 Å². The Labute approximate surface area is 72.3 Å². The third-order valence-electron chi connectivity index (χ3n) is 1.34. The molecule has 0 bridgehead atoms. The van der Waals surface area contributed by atoms with Gasteiger partial charge in [0.15, 0.2) is 0 Å². The first-order chi connectivity index (χ1) is 5.68. The van der Waals surface area contributed by atoms with Crippen molar-refractivity contribution >= 4 is 11.6 Å². The molecular weight excluding hydrogens is 150 g/mol. The van der Waals surface area contributed by atoms with Gasteiger partial charge in [-0.1, -0.05) is 18.2 Å². The molecule has 1 rings (SSSR count). The number of nitrogens with two attached hydrogens (primary N) is 1. The zero-order valence-corrected chi connectivity index (χ0v) is 7.17. The SMILES string of the molecule is C=C(C)CNc1cccc(N)n1. The molecule has 0 aliphatic heterocycles. The Morgan fingerprint density at radius 2 is 2.42 bits per heavy atom. The number of nitrogens with one attached hydrogen (secondary N) is 1. The minimum Gasteiger partial charge on any atom is -0.384 e. The van der Waals surface area contributed by atoms with Crippen LogP contribution in [0.1, 0.15) is 6.92 Å². The highest BCUT2D eigenvalue weighted by atomic mass is 15.0. The van der Waals surface area contributed by atoms with Gasteiger partial charge in [0.05, 0.1) is 0 Å². The molecular formula is C9H13N3. The molecule has 3 heteroatoms. The highest BCUT2D eigenvalue weighted by Crippen LogP contribution is 2.05. The van der Waals surface area contributed by atoms with Gasteiger partial charge in [0.2, 0.25) is 0 Å². The fraction of sp³-hybridized carbons (Fsp3) is 0.222. The van der Waals surface area contributed by atoms with Crippen LogP contribution < -0.4 is 11.1 Å². The lowest BCUT2D eigenvalue weighted by Gasteiger charge is -2.04. The van der Waals surface area contributed by atoms with Gasteiger partial charge in [0, 0.05) is 6.54 Å². The Kier molecular flexibility index (Phi) is 2.69. The lowest BCUT2D eigenvalue weighted by molar-refractivity contribution is 1.17. The first-order valence-electron chi connectivity index (χ1n) is 3.79. The summed E-state index contributed by atoms with van der Waals surface area (Å²) in [5.41, 5.74) is 6.56. The maximum absolute atomic E-state index is 5.49. The van der Waals surface area contributed by atoms with Crippen molar-refractivity contribution in [3.8, 4) is 0 Å². The summed E-state index contributed by atoms with van der Waals surface area (Å²) in [6.45, 7) is 6.46. The molecule has 0 aliphatic carbocycles. The predicted molar refractivity (Wildman–Crippen MR) is 52.0 cm³/mol. The zero-order chi connectivity index (χ0) is 8.97. The topological polar surface area (TPSA) is 50.9 Å². The van der Waals surface area contributed by atoms with E-state index in [-0.39, 0.29) is 0 Å². The van der Waals surface area contributed by atoms with Crippen LogP contribution in [0.25, 0.3) is 0 Å². The summed E-state index contributed by atoms with van der Waals surface area (Å²) in [6, 6.07) is 5.49. The molecule has 0 aliphatic rings. The van der Waals surface area contributed by atoms with E-state index < -0.39 is 0 Å². The molecule has 12 heavy (non-hydrogen) atoms. The maximum atomic E-state index is 5.49. The molecule has 3 N–H and O–H groups in total. The van der Waals surface area contributed by atoms with E-state index in [0.29, 0.717) is 5.82 Å². The summed E-state index contributed by atoms with van der Waals surface area (Å²) >= 11 is 0. The Balaban J connectivity index is 2.57. The van der Waals surface area contributed by atoms with Gasteiger partial charge >= 0.3 is 0 Å². The summed E-state index contributed by atoms with van der Waals surface area (Å²) in [7, 11) is 0. The first-order valence-corrected chi connectivity index (χ1v) is 3.79. The molecule has 0 aromatic carbocycles. The highest BCUT2D eigenvalue weighted by molar-refractivity contribution is 5.42. The van der Waals surface area contributed by atoms with Gasteiger partial charge in [-0.2, -0.15) is 0 Å². The van der Waals surface area contributed by atoms with E-state index >= 15 is 0 Å². The van der Waals surface area contributed by atoms with Crippen LogP contribution in [-0.4, -0.2) is 11.5 Å². The molecule has 0 amide bonds. The number of pyridine rings is 1. The number of anilines is 2. The second-order valence-electron chi connectivity index (χ2n) is 2.76. The van der Waals surface area contributed by atoms with E-state index in [9.17, 15) is 0 Å². The summed E-state index contributed by atoms with van der Waals surface area (Å²) in [5.74, 6) is 1.32. The average Bonchev–Trinajstić information content (AvgIpc) is 2.01. The van der Waals surface area contributed by atoms with E-state index in [1.165, 1.54) is 0 Å². The maximum Gasteiger partial charge on any atom is 0.128 e. The molecule has 0 atom stereocenters. The summed E-state index contributed by atoms with van der Waals surface area (Å²) < 4.78 is 0. The van der Waals surface area contributed by atoms with Crippen molar-refractivity contribution in [1.82, 2.24) is 4.98 Å². The lowest BCUT2D eigenvalue weighted by atomic mass is 10.3. The third-order valence-corrected chi connectivity index (χ3v) is 1.34. The van der Waals surface area contributed by atoms with Gasteiger partial charge in [-0.05, 0) is 19.1 Å². The molecule has 1 heterocycles. The molecule has 0 unspecified atom stereocenters. The Hall–Kier alpha value is -1.51. The minimum absolute atomic E-state index is 0.529. The summed E-state index contributed by atoms with van der Waals surface area (Å²) in [5, 5.41) is 3.09. The van der Waals surface area contributed by atoms with Crippen LogP contribution in [0, 0.1) is 0 Å². The van der Waals surface area contributed by atoms with Crippen LogP contribution in [-0.2, 0) is 0 Å². The number of nitrogen functional groups attached to an aromatic ring is 1. The quantitative estimate of drug-likeness (QED) is 0.666. The van der Waals surface area contributed by atoms with Crippen molar-refractivity contribution in [3.63, 3.8) is 0 Å².